The Kier molecular flexibility index (Phi) is 3.04. The van der Waals surface area contributed by atoms with Crippen molar-refractivity contribution in [2.45, 2.75) is 32.1 Å². The molecule has 0 N–H and O–H groups in total. The van der Waals surface area contributed by atoms with Gasteiger partial charge in [0.1, 0.15) is 6.33 Å². The van der Waals surface area contributed by atoms with Crippen LogP contribution in [0.4, 0.5) is 0 Å². The summed E-state index contributed by atoms with van der Waals surface area (Å²) in [5, 5.41) is 0.110. The Labute approximate surface area is 78.0 Å². The first-order valence-electron chi connectivity index (χ1n) is 4.04. The van der Waals surface area contributed by atoms with Gasteiger partial charge in [-0.25, -0.2) is 9.97 Å². The molecule has 1 rings (SSSR count). The molecule has 0 aliphatic carbocycles. The lowest BCUT2D eigenvalue weighted by Gasteiger charge is -2.12. The third-order valence-electron chi connectivity index (χ3n) is 1.98. The van der Waals surface area contributed by atoms with Gasteiger partial charge in [-0.15, -0.1) is 11.6 Å². The minimum atomic E-state index is 0.110. The summed E-state index contributed by atoms with van der Waals surface area (Å²) in [5.41, 5.74) is 2.01. The number of aromatic nitrogens is 2. The zero-order valence-electron chi connectivity index (χ0n) is 7.58. The zero-order valence-corrected chi connectivity index (χ0v) is 8.34. The molecule has 0 radical (unpaired) electrons. The monoisotopic (exact) mass is 184 g/mol. The predicted octanol–water partition coefficient (Wildman–Crippen LogP) is 2.52. The molecule has 2 unspecified atom stereocenters. The van der Waals surface area contributed by atoms with Gasteiger partial charge in [-0.3, -0.25) is 0 Å². The maximum absolute atomic E-state index is 5.95. The molecule has 0 aliphatic rings. The van der Waals surface area contributed by atoms with E-state index < -0.39 is 0 Å². The first-order valence-corrected chi connectivity index (χ1v) is 4.47. The first-order chi connectivity index (χ1) is 5.61. The highest BCUT2D eigenvalue weighted by Gasteiger charge is 2.12. The maximum atomic E-state index is 5.95. The average molecular weight is 185 g/mol. The second-order valence-electron chi connectivity index (χ2n) is 3.05. The van der Waals surface area contributed by atoms with Crippen molar-refractivity contribution in [2.24, 2.45) is 0 Å². The first kappa shape index (κ1) is 9.46. The number of nitrogens with zero attached hydrogens (tertiary/aromatic N) is 2. The van der Waals surface area contributed by atoms with Crippen molar-refractivity contribution in [1.29, 1.82) is 0 Å². The summed E-state index contributed by atoms with van der Waals surface area (Å²) in [6, 6.07) is 1.98. The fourth-order valence-corrected chi connectivity index (χ4v) is 1.09. The molecule has 0 bridgehead atoms. The fraction of sp³-hybridized carbons (Fsp3) is 0.556. The van der Waals surface area contributed by atoms with Crippen molar-refractivity contribution in [2.75, 3.05) is 0 Å². The van der Waals surface area contributed by atoms with E-state index in [0.29, 0.717) is 0 Å². The van der Waals surface area contributed by atoms with Gasteiger partial charge in [0.2, 0.25) is 0 Å². The van der Waals surface area contributed by atoms with Crippen LogP contribution in [0.25, 0.3) is 0 Å². The van der Waals surface area contributed by atoms with Crippen LogP contribution < -0.4 is 0 Å². The molecule has 0 aromatic carbocycles. The molecule has 1 aromatic rings. The van der Waals surface area contributed by atoms with Gasteiger partial charge in [0, 0.05) is 22.7 Å². The SMILES string of the molecule is Cc1cc(C(C)C(C)Cl)ncn1. The molecule has 0 saturated heterocycles. The standard InChI is InChI=1S/C9H13ClN2/c1-6-4-9(12-5-11-6)7(2)8(3)10/h4-5,7-8H,1-3H3. The summed E-state index contributed by atoms with van der Waals surface area (Å²) in [4.78, 5) is 8.19. The van der Waals surface area contributed by atoms with E-state index in [4.69, 9.17) is 11.6 Å². The van der Waals surface area contributed by atoms with Crippen molar-refractivity contribution in [3.8, 4) is 0 Å². The molecule has 3 heteroatoms. The Morgan fingerprint density at radius 3 is 2.50 bits per heavy atom. The molecule has 0 amide bonds. The fourth-order valence-electron chi connectivity index (χ4n) is 0.959. The van der Waals surface area contributed by atoms with Gasteiger partial charge < -0.3 is 0 Å². The van der Waals surface area contributed by atoms with Crippen LogP contribution in [0.2, 0.25) is 0 Å². The number of halogens is 1. The molecule has 0 aliphatic heterocycles. The van der Waals surface area contributed by atoms with E-state index in [1.54, 1.807) is 6.33 Å². The summed E-state index contributed by atoms with van der Waals surface area (Å²) in [7, 11) is 0. The van der Waals surface area contributed by atoms with Gasteiger partial charge in [-0.1, -0.05) is 6.92 Å². The summed E-state index contributed by atoms with van der Waals surface area (Å²) in [6.45, 7) is 6.00. The minimum absolute atomic E-state index is 0.110. The van der Waals surface area contributed by atoms with E-state index >= 15 is 0 Å². The maximum Gasteiger partial charge on any atom is 0.115 e. The van der Waals surface area contributed by atoms with Crippen LogP contribution in [0.1, 0.15) is 31.2 Å². The van der Waals surface area contributed by atoms with Gasteiger partial charge in [-0.05, 0) is 19.9 Å². The van der Waals surface area contributed by atoms with E-state index in [2.05, 4.69) is 16.9 Å². The third-order valence-corrected chi connectivity index (χ3v) is 2.36. The van der Waals surface area contributed by atoms with Gasteiger partial charge >= 0.3 is 0 Å². The number of alkyl halides is 1. The Morgan fingerprint density at radius 2 is 2.00 bits per heavy atom. The molecule has 0 saturated carbocycles. The van der Waals surface area contributed by atoms with Crippen LogP contribution >= 0.6 is 11.6 Å². The van der Waals surface area contributed by atoms with Crippen molar-refractivity contribution >= 4 is 11.6 Å². The Bertz CT molecular complexity index is 260. The lowest BCUT2D eigenvalue weighted by molar-refractivity contribution is 0.710. The molecular weight excluding hydrogens is 172 g/mol. The molecule has 2 nitrogen and oxygen atoms in total. The largest absolute Gasteiger partial charge is 0.242 e. The topological polar surface area (TPSA) is 25.8 Å². The van der Waals surface area contributed by atoms with Gasteiger partial charge in [0.05, 0.1) is 0 Å². The van der Waals surface area contributed by atoms with Crippen LogP contribution in [0.5, 0.6) is 0 Å². The van der Waals surface area contributed by atoms with Gasteiger partial charge in [0.15, 0.2) is 0 Å². The second kappa shape index (κ2) is 3.85. The number of rotatable bonds is 2. The van der Waals surface area contributed by atoms with Crippen LogP contribution in [0.3, 0.4) is 0 Å². The lowest BCUT2D eigenvalue weighted by Crippen LogP contribution is -2.07. The summed E-state index contributed by atoms with van der Waals surface area (Å²) >= 11 is 5.95. The quantitative estimate of drug-likeness (QED) is 0.661. The zero-order chi connectivity index (χ0) is 9.14. The van der Waals surface area contributed by atoms with Crippen molar-refractivity contribution < 1.29 is 0 Å². The Morgan fingerprint density at radius 1 is 1.33 bits per heavy atom. The lowest BCUT2D eigenvalue weighted by atomic mass is 10.0. The van der Waals surface area contributed by atoms with E-state index in [-0.39, 0.29) is 11.3 Å². The van der Waals surface area contributed by atoms with Gasteiger partial charge in [0.25, 0.3) is 0 Å². The predicted molar refractivity (Wildman–Crippen MR) is 50.5 cm³/mol. The average Bonchev–Trinajstić information content (AvgIpc) is 2.03. The highest BCUT2D eigenvalue weighted by molar-refractivity contribution is 6.20. The molecule has 0 spiro atoms. The second-order valence-corrected chi connectivity index (χ2v) is 3.74. The smallest absolute Gasteiger partial charge is 0.115 e. The molecule has 0 fully saturated rings. The molecule has 66 valence electrons. The number of hydrogen-bond donors (Lipinski definition) is 0. The number of aryl methyl sites for hydroxylation is 1. The van der Waals surface area contributed by atoms with Crippen molar-refractivity contribution in [3.63, 3.8) is 0 Å². The molecule has 1 aromatic heterocycles. The molecule has 2 atom stereocenters. The summed E-state index contributed by atoms with van der Waals surface area (Å²) in [6.07, 6.45) is 1.58. The van der Waals surface area contributed by atoms with Crippen LogP contribution in [0.15, 0.2) is 12.4 Å². The van der Waals surface area contributed by atoms with E-state index in [9.17, 15) is 0 Å². The molecular formula is C9H13ClN2. The Hall–Kier alpha value is -0.630. The highest BCUT2D eigenvalue weighted by atomic mass is 35.5. The normalized spacial score (nSPS) is 15.7. The summed E-state index contributed by atoms with van der Waals surface area (Å²) in [5.74, 6) is 0.286. The van der Waals surface area contributed by atoms with E-state index in [0.717, 1.165) is 11.4 Å². The summed E-state index contributed by atoms with van der Waals surface area (Å²) < 4.78 is 0. The molecule has 1 heterocycles. The molecule has 12 heavy (non-hydrogen) atoms. The van der Waals surface area contributed by atoms with Crippen LogP contribution in [-0.2, 0) is 0 Å². The third kappa shape index (κ3) is 2.18. The van der Waals surface area contributed by atoms with E-state index in [1.165, 1.54) is 0 Å². The van der Waals surface area contributed by atoms with Crippen LogP contribution in [-0.4, -0.2) is 15.3 Å². The highest BCUT2D eigenvalue weighted by Crippen LogP contribution is 2.20. The Balaban J connectivity index is 2.88. The van der Waals surface area contributed by atoms with Crippen molar-refractivity contribution in [1.82, 2.24) is 9.97 Å². The number of hydrogen-bond acceptors (Lipinski definition) is 2. The van der Waals surface area contributed by atoms with Crippen LogP contribution in [0, 0.1) is 6.92 Å². The van der Waals surface area contributed by atoms with E-state index in [1.807, 2.05) is 19.9 Å². The van der Waals surface area contributed by atoms with Crippen molar-refractivity contribution in [3.05, 3.63) is 23.8 Å². The van der Waals surface area contributed by atoms with Gasteiger partial charge in [-0.2, -0.15) is 0 Å². The minimum Gasteiger partial charge on any atom is -0.242 e.